The van der Waals surface area contributed by atoms with Gasteiger partial charge in [-0.2, -0.15) is 0 Å². The van der Waals surface area contributed by atoms with Gasteiger partial charge in [-0.15, -0.1) is 11.8 Å². The van der Waals surface area contributed by atoms with Gasteiger partial charge in [-0.1, -0.05) is 12.0 Å². The molecule has 0 radical (unpaired) electrons. The molecule has 0 spiro atoms. The topological polar surface area (TPSA) is 0 Å². The molecular weight excluding hydrogens is 116 g/mol. The minimum absolute atomic E-state index is 0.962. The second-order valence-corrected chi connectivity index (χ2v) is 3.64. The van der Waals surface area contributed by atoms with Crippen molar-refractivity contribution in [2.45, 2.75) is 30.9 Å². The molecule has 0 amide bonds. The third-order valence-corrected chi connectivity index (χ3v) is 3.28. The summed E-state index contributed by atoms with van der Waals surface area (Å²) >= 11 is 2.03. The molecule has 8 heavy (non-hydrogen) atoms. The highest BCUT2D eigenvalue weighted by molar-refractivity contribution is 8.04. The molecule has 1 heterocycles. The predicted octanol–water partition coefficient (Wildman–Crippen LogP) is 2.56. The van der Waals surface area contributed by atoms with Crippen molar-refractivity contribution < 1.29 is 0 Å². The Morgan fingerprint density at radius 1 is 1.50 bits per heavy atom. The van der Waals surface area contributed by atoms with E-state index in [2.05, 4.69) is 5.41 Å². The molecule has 1 heteroatoms. The van der Waals surface area contributed by atoms with Crippen LogP contribution in [0.3, 0.4) is 0 Å². The zero-order valence-electron chi connectivity index (χ0n) is 4.89. The molecule has 1 aliphatic carbocycles. The van der Waals surface area contributed by atoms with E-state index in [9.17, 15) is 0 Å². The van der Waals surface area contributed by atoms with E-state index in [0.717, 1.165) is 5.25 Å². The van der Waals surface area contributed by atoms with Gasteiger partial charge < -0.3 is 0 Å². The van der Waals surface area contributed by atoms with Gasteiger partial charge in [0.2, 0.25) is 0 Å². The predicted molar refractivity (Wildman–Crippen MR) is 37.9 cm³/mol. The Bertz CT molecular complexity index is 126. The molecule has 2 aliphatic rings. The fraction of sp³-hybridized carbons (Fsp3) is 0.714. The zero-order chi connectivity index (χ0) is 5.40. The van der Waals surface area contributed by atoms with Crippen LogP contribution in [0.15, 0.2) is 11.0 Å². The van der Waals surface area contributed by atoms with Gasteiger partial charge >= 0.3 is 0 Å². The van der Waals surface area contributed by atoms with Gasteiger partial charge in [-0.3, -0.25) is 0 Å². The summed E-state index contributed by atoms with van der Waals surface area (Å²) in [6.07, 6.45) is 5.77. The van der Waals surface area contributed by atoms with E-state index in [1.54, 1.807) is 5.57 Å². The van der Waals surface area contributed by atoms with Gasteiger partial charge in [0.1, 0.15) is 0 Å². The maximum absolute atomic E-state index is 2.34. The summed E-state index contributed by atoms with van der Waals surface area (Å²) in [5.74, 6) is 0. The quantitative estimate of drug-likeness (QED) is 0.480. The lowest BCUT2D eigenvalue weighted by Crippen LogP contribution is -2.16. The van der Waals surface area contributed by atoms with Crippen LogP contribution in [-0.2, 0) is 0 Å². The second-order valence-electron chi connectivity index (χ2n) is 2.56. The Morgan fingerprint density at radius 2 is 2.50 bits per heavy atom. The summed E-state index contributed by atoms with van der Waals surface area (Å²) in [6, 6.07) is 0. The summed E-state index contributed by atoms with van der Waals surface area (Å²) in [7, 11) is 0. The van der Waals surface area contributed by atoms with E-state index in [1.807, 2.05) is 11.8 Å². The first-order chi connectivity index (χ1) is 3.97. The van der Waals surface area contributed by atoms with Gasteiger partial charge in [0.25, 0.3) is 0 Å². The third kappa shape index (κ3) is 0.609. The third-order valence-electron chi connectivity index (χ3n) is 1.98. The fourth-order valence-corrected chi connectivity index (χ4v) is 2.45. The van der Waals surface area contributed by atoms with Crippen LogP contribution in [0.5, 0.6) is 0 Å². The molecule has 0 saturated heterocycles. The van der Waals surface area contributed by atoms with Crippen molar-refractivity contribution in [2.75, 3.05) is 0 Å². The van der Waals surface area contributed by atoms with Crippen molar-refractivity contribution in [1.29, 1.82) is 0 Å². The van der Waals surface area contributed by atoms with E-state index in [0.29, 0.717) is 0 Å². The maximum atomic E-state index is 2.34. The van der Waals surface area contributed by atoms with Crippen LogP contribution in [0.25, 0.3) is 0 Å². The summed E-state index contributed by atoms with van der Waals surface area (Å²) in [4.78, 5) is 0. The fourth-order valence-electron chi connectivity index (χ4n) is 1.39. The van der Waals surface area contributed by atoms with Crippen molar-refractivity contribution in [3.8, 4) is 0 Å². The molecule has 0 aromatic rings. The molecular formula is C7H10S. The first-order valence-electron chi connectivity index (χ1n) is 3.31. The maximum Gasteiger partial charge on any atom is 0.0305 e. The molecule has 44 valence electrons. The molecule has 0 N–H and O–H groups in total. The minimum Gasteiger partial charge on any atom is -0.126 e. The molecule has 1 unspecified atom stereocenters. The Labute approximate surface area is 54.4 Å². The molecule has 0 aromatic heterocycles. The number of hydrogen-bond acceptors (Lipinski definition) is 1. The van der Waals surface area contributed by atoms with E-state index in [-0.39, 0.29) is 0 Å². The Hall–Kier alpha value is 0.0900. The largest absolute Gasteiger partial charge is 0.126 e. The average Bonchev–Trinajstić information content (AvgIpc) is 1.72. The number of hydrogen-bond donors (Lipinski definition) is 0. The summed E-state index contributed by atoms with van der Waals surface area (Å²) < 4.78 is 0. The van der Waals surface area contributed by atoms with Crippen molar-refractivity contribution in [3.05, 3.63) is 11.0 Å². The van der Waals surface area contributed by atoms with E-state index >= 15 is 0 Å². The summed E-state index contributed by atoms with van der Waals surface area (Å²) in [5.41, 5.74) is 1.74. The lowest BCUT2D eigenvalue weighted by molar-refractivity contribution is 0.604. The van der Waals surface area contributed by atoms with Gasteiger partial charge in [-0.25, -0.2) is 0 Å². The first kappa shape index (κ1) is 4.92. The summed E-state index contributed by atoms with van der Waals surface area (Å²) in [6.45, 7) is 0. The van der Waals surface area contributed by atoms with Crippen LogP contribution in [0.1, 0.15) is 25.7 Å². The Kier molecular flexibility index (Phi) is 1.11. The normalized spacial score (nSPS) is 35.0. The number of thioether (sulfide) groups is 1. The van der Waals surface area contributed by atoms with Crippen molar-refractivity contribution >= 4 is 11.8 Å². The monoisotopic (exact) mass is 126 g/mol. The van der Waals surface area contributed by atoms with Crippen LogP contribution in [0, 0.1) is 0 Å². The van der Waals surface area contributed by atoms with Crippen LogP contribution in [0.4, 0.5) is 0 Å². The van der Waals surface area contributed by atoms with Crippen molar-refractivity contribution in [3.63, 3.8) is 0 Å². The number of fused-ring (bicyclic) bond motifs is 1. The lowest BCUT2D eigenvalue weighted by atomic mass is 9.95. The van der Waals surface area contributed by atoms with E-state index in [1.165, 1.54) is 25.7 Å². The first-order valence-corrected chi connectivity index (χ1v) is 4.25. The molecule has 1 fully saturated rings. The molecule has 0 nitrogen and oxygen atoms in total. The standard InChI is InChI=1S/C7H10S/c1-2-4-7-6(3-1)5-8-7/h5,7H,1-4H2. The van der Waals surface area contributed by atoms with E-state index in [4.69, 9.17) is 0 Å². The zero-order valence-corrected chi connectivity index (χ0v) is 5.71. The molecule has 0 aromatic carbocycles. The average molecular weight is 126 g/mol. The van der Waals surface area contributed by atoms with Crippen LogP contribution >= 0.6 is 11.8 Å². The second kappa shape index (κ2) is 1.80. The van der Waals surface area contributed by atoms with E-state index < -0.39 is 0 Å². The van der Waals surface area contributed by atoms with Crippen LogP contribution in [-0.4, -0.2) is 5.25 Å². The molecule has 1 aliphatic heterocycles. The SMILES string of the molecule is C1=C2CCCCC2S1. The van der Waals surface area contributed by atoms with Crippen LogP contribution < -0.4 is 0 Å². The van der Waals surface area contributed by atoms with Gasteiger partial charge in [-0.05, 0) is 24.7 Å². The Balaban J connectivity index is 2.08. The lowest BCUT2D eigenvalue weighted by Gasteiger charge is -2.30. The molecule has 1 atom stereocenters. The summed E-state index contributed by atoms with van der Waals surface area (Å²) in [5, 5.41) is 3.30. The Morgan fingerprint density at radius 3 is 2.88 bits per heavy atom. The van der Waals surface area contributed by atoms with Gasteiger partial charge in [0, 0.05) is 5.25 Å². The van der Waals surface area contributed by atoms with Gasteiger partial charge in [0.05, 0.1) is 0 Å². The molecule has 0 bridgehead atoms. The van der Waals surface area contributed by atoms with Crippen LogP contribution in [0.2, 0.25) is 0 Å². The molecule has 2 rings (SSSR count). The smallest absolute Gasteiger partial charge is 0.0305 e. The highest BCUT2D eigenvalue weighted by Gasteiger charge is 2.24. The van der Waals surface area contributed by atoms with Crippen molar-refractivity contribution in [2.24, 2.45) is 0 Å². The molecule has 1 saturated carbocycles. The van der Waals surface area contributed by atoms with Crippen molar-refractivity contribution in [1.82, 2.24) is 0 Å². The number of rotatable bonds is 0. The highest BCUT2D eigenvalue weighted by atomic mass is 32.2. The minimum atomic E-state index is 0.962. The van der Waals surface area contributed by atoms with Gasteiger partial charge in [0.15, 0.2) is 0 Å². The highest BCUT2D eigenvalue weighted by Crippen LogP contribution is 2.42.